The van der Waals surface area contributed by atoms with Gasteiger partial charge in [-0.05, 0) is 0 Å². The molecule has 4 heteroatoms. The first kappa shape index (κ1) is 13.8. The molecule has 0 unspecified atom stereocenters. The van der Waals surface area contributed by atoms with Crippen LogP contribution in [0.1, 0.15) is 12.5 Å². The van der Waals surface area contributed by atoms with Gasteiger partial charge in [-0.1, -0.05) is 0 Å². The standard InChI is InChI=1S/C17H14N2OSe/c1-13(20)17-18-19(15-10-6-3-7-11-15)16(21-17)12-14-8-4-2-5-9-14/h2-12H,1H3/b16-12+. The fourth-order valence-corrected chi connectivity index (χ4v) is 3.85. The zero-order chi connectivity index (χ0) is 14.7. The van der Waals surface area contributed by atoms with Gasteiger partial charge in [-0.25, -0.2) is 0 Å². The third kappa shape index (κ3) is 3.13. The Bertz CT molecular complexity index is 708. The first-order chi connectivity index (χ1) is 10.2. The molecule has 2 aromatic rings. The molecule has 21 heavy (non-hydrogen) atoms. The molecule has 0 atom stereocenters. The summed E-state index contributed by atoms with van der Waals surface area (Å²) in [6.07, 6.45) is 2.10. The zero-order valence-electron chi connectivity index (χ0n) is 11.6. The van der Waals surface area contributed by atoms with Gasteiger partial charge in [0.25, 0.3) is 0 Å². The van der Waals surface area contributed by atoms with Crippen molar-refractivity contribution in [3.8, 4) is 0 Å². The number of hydrogen-bond donors (Lipinski definition) is 0. The molecule has 0 aliphatic carbocycles. The number of carbonyl (C=O) groups excluding carboxylic acids is 1. The van der Waals surface area contributed by atoms with Crippen LogP contribution in [0.25, 0.3) is 6.08 Å². The Morgan fingerprint density at radius 1 is 1.05 bits per heavy atom. The number of hydrogen-bond acceptors (Lipinski definition) is 3. The number of hydrazone groups is 1. The number of rotatable bonds is 3. The minimum atomic E-state index is -0.0580. The van der Waals surface area contributed by atoms with Crippen LogP contribution in [0.3, 0.4) is 0 Å². The van der Waals surface area contributed by atoms with Crippen molar-refractivity contribution in [3.05, 3.63) is 70.8 Å². The van der Waals surface area contributed by atoms with Crippen molar-refractivity contribution in [2.45, 2.75) is 6.92 Å². The summed E-state index contributed by atoms with van der Waals surface area (Å²) < 4.78 is 1.73. The van der Waals surface area contributed by atoms with Crippen LogP contribution in [-0.4, -0.2) is 25.4 Å². The van der Waals surface area contributed by atoms with Crippen LogP contribution < -0.4 is 5.01 Å². The maximum atomic E-state index is 11.7. The summed E-state index contributed by atoms with van der Waals surface area (Å²) in [7, 11) is 0. The molecule has 104 valence electrons. The third-order valence-electron chi connectivity index (χ3n) is 2.99. The molecule has 0 N–H and O–H groups in total. The van der Waals surface area contributed by atoms with Crippen molar-refractivity contribution in [1.29, 1.82) is 0 Å². The molecule has 0 radical (unpaired) electrons. The van der Waals surface area contributed by atoms with E-state index < -0.39 is 0 Å². The van der Waals surface area contributed by atoms with E-state index >= 15 is 0 Å². The Morgan fingerprint density at radius 3 is 2.29 bits per heavy atom. The second-order valence-electron chi connectivity index (χ2n) is 4.60. The fourth-order valence-electron chi connectivity index (χ4n) is 1.98. The molecule has 2 aromatic carbocycles. The molecule has 1 heterocycles. The van der Waals surface area contributed by atoms with Crippen LogP contribution in [0, 0.1) is 0 Å². The first-order valence-electron chi connectivity index (χ1n) is 6.63. The van der Waals surface area contributed by atoms with E-state index in [4.69, 9.17) is 0 Å². The van der Waals surface area contributed by atoms with Crippen LogP contribution >= 0.6 is 0 Å². The van der Waals surface area contributed by atoms with Crippen LogP contribution in [0.4, 0.5) is 5.69 Å². The summed E-state index contributed by atoms with van der Waals surface area (Å²) in [6.45, 7) is 1.58. The van der Waals surface area contributed by atoms with Crippen molar-refractivity contribution >= 4 is 37.1 Å². The number of Topliss-reactive ketones (excluding diaryl/α,β-unsaturated/α-hetero) is 1. The number of para-hydroxylation sites is 1. The Balaban J connectivity index is 2.00. The van der Waals surface area contributed by atoms with E-state index in [1.165, 1.54) is 0 Å². The molecule has 1 aliphatic heterocycles. The van der Waals surface area contributed by atoms with Crippen molar-refractivity contribution in [2.75, 3.05) is 5.01 Å². The van der Waals surface area contributed by atoms with E-state index in [0.29, 0.717) is 4.61 Å². The van der Waals surface area contributed by atoms with E-state index in [1.807, 2.05) is 53.5 Å². The number of carbonyl (C=O) groups is 1. The second kappa shape index (κ2) is 6.08. The fraction of sp³-hybridized carbons (Fsp3) is 0.0588. The molecule has 0 bridgehead atoms. The van der Waals surface area contributed by atoms with Gasteiger partial charge in [-0.3, -0.25) is 0 Å². The normalized spacial score (nSPS) is 16.1. The monoisotopic (exact) mass is 342 g/mol. The number of ketones is 1. The predicted molar refractivity (Wildman–Crippen MR) is 87.2 cm³/mol. The van der Waals surface area contributed by atoms with Gasteiger partial charge in [-0.2, -0.15) is 0 Å². The van der Waals surface area contributed by atoms with E-state index in [-0.39, 0.29) is 20.7 Å². The van der Waals surface area contributed by atoms with E-state index in [0.717, 1.165) is 15.8 Å². The summed E-state index contributed by atoms with van der Waals surface area (Å²) in [5, 5.41) is 6.37. The number of benzene rings is 2. The molecule has 3 nitrogen and oxygen atoms in total. The molecule has 0 saturated carbocycles. The average Bonchev–Trinajstić information content (AvgIpc) is 2.93. The summed E-state index contributed by atoms with van der Waals surface area (Å²) in [4.78, 5) is 11.7. The van der Waals surface area contributed by atoms with Crippen LogP contribution in [0.5, 0.6) is 0 Å². The molecule has 0 spiro atoms. The van der Waals surface area contributed by atoms with Crippen LogP contribution in [-0.2, 0) is 4.79 Å². The Morgan fingerprint density at radius 2 is 1.67 bits per heavy atom. The molecule has 1 aliphatic rings. The molecule has 3 rings (SSSR count). The van der Waals surface area contributed by atoms with Gasteiger partial charge in [0.1, 0.15) is 0 Å². The van der Waals surface area contributed by atoms with Crippen molar-refractivity contribution in [3.63, 3.8) is 0 Å². The SMILES string of the molecule is CC(=O)C1=NN(c2ccccc2)/C(=C\c2ccccc2)[Se]1. The van der Waals surface area contributed by atoms with Gasteiger partial charge in [0.05, 0.1) is 0 Å². The summed E-state index contributed by atoms with van der Waals surface area (Å²) in [5.74, 6) is 0.0485. The van der Waals surface area contributed by atoms with E-state index in [1.54, 1.807) is 6.92 Å². The molecule has 0 aromatic heterocycles. The van der Waals surface area contributed by atoms with Crippen molar-refractivity contribution < 1.29 is 4.79 Å². The van der Waals surface area contributed by atoms with E-state index in [9.17, 15) is 4.79 Å². The van der Waals surface area contributed by atoms with Gasteiger partial charge >= 0.3 is 130 Å². The molecule has 0 saturated heterocycles. The number of anilines is 1. The predicted octanol–water partition coefficient (Wildman–Crippen LogP) is 3.11. The van der Waals surface area contributed by atoms with Crippen molar-refractivity contribution in [2.24, 2.45) is 5.10 Å². The Kier molecular flexibility index (Phi) is 4.00. The Hall–Kier alpha value is -2.16. The topological polar surface area (TPSA) is 32.7 Å². The van der Waals surface area contributed by atoms with Crippen LogP contribution in [0.15, 0.2) is 70.4 Å². The first-order valence-corrected chi connectivity index (χ1v) is 8.34. The average molecular weight is 341 g/mol. The maximum absolute atomic E-state index is 11.7. The molecule has 0 fully saturated rings. The number of nitrogens with zero attached hydrogens (tertiary/aromatic N) is 2. The summed E-state index contributed by atoms with van der Waals surface area (Å²) in [5.41, 5.74) is 2.10. The van der Waals surface area contributed by atoms with Crippen molar-refractivity contribution in [1.82, 2.24) is 0 Å². The quantitative estimate of drug-likeness (QED) is 0.804. The second-order valence-corrected chi connectivity index (χ2v) is 6.72. The third-order valence-corrected chi connectivity index (χ3v) is 5.22. The van der Waals surface area contributed by atoms with Gasteiger partial charge in [0.2, 0.25) is 0 Å². The van der Waals surface area contributed by atoms with E-state index in [2.05, 4.69) is 23.3 Å². The summed E-state index contributed by atoms with van der Waals surface area (Å²) >= 11 is -0.0580. The van der Waals surface area contributed by atoms with Gasteiger partial charge in [0.15, 0.2) is 0 Å². The summed E-state index contributed by atoms with van der Waals surface area (Å²) in [6, 6.07) is 20.0. The molecule has 0 amide bonds. The van der Waals surface area contributed by atoms with Gasteiger partial charge < -0.3 is 0 Å². The molecular formula is C17H14N2OSe. The minimum absolute atomic E-state index is 0.0485. The zero-order valence-corrected chi connectivity index (χ0v) is 13.3. The van der Waals surface area contributed by atoms with Gasteiger partial charge in [0, 0.05) is 0 Å². The van der Waals surface area contributed by atoms with Gasteiger partial charge in [-0.15, -0.1) is 0 Å². The molecular weight excluding hydrogens is 327 g/mol. The van der Waals surface area contributed by atoms with Crippen LogP contribution in [0.2, 0.25) is 0 Å². The Labute approximate surface area is 130 Å².